The Hall–Kier alpha value is -2.05. The highest BCUT2D eigenvalue weighted by Crippen LogP contribution is 2.27. The largest absolute Gasteiger partial charge is 0.433 e. The quantitative estimate of drug-likeness (QED) is 0.833. The van der Waals surface area contributed by atoms with Gasteiger partial charge in [-0.1, -0.05) is 6.07 Å². The van der Waals surface area contributed by atoms with Gasteiger partial charge in [-0.3, -0.25) is 0 Å². The first-order chi connectivity index (χ1) is 7.88. The Morgan fingerprint density at radius 2 is 2.00 bits per heavy atom. The van der Waals surface area contributed by atoms with E-state index in [-0.39, 0.29) is 11.6 Å². The predicted molar refractivity (Wildman–Crippen MR) is 55.5 cm³/mol. The lowest BCUT2D eigenvalue weighted by molar-refractivity contribution is -0.141. The highest BCUT2D eigenvalue weighted by molar-refractivity contribution is 5.39. The Morgan fingerprint density at radius 3 is 2.53 bits per heavy atom. The fourth-order valence-corrected chi connectivity index (χ4v) is 1.30. The molecule has 2 aromatic heterocycles. The molecule has 0 radical (unpaired) electrons. The topological polar surface area (TPSA) is 56.7 Å². The van der Waals surface area contributed by atoms with E-state index in [1.807, 2.05) is 0 Å². The third-order valence-corrected chi connectivity index (χ3v) is 2.19. The third-order valence-electron chi connectivity index (χ3n) is 2.19. The van der Waals surface area contributed by atoms with E-state index < -0.39 is 11.9 Å². The summed E-state index contributed by atoms with van der Waals surface area (Å²) in [6, 6.07) is 3.61. The maximum absolute atomic E-state index is 12.5. The van der Waals surface area contributed by atoms with Crippen molar-refractivity contribution in [3.63, 3.8) is 0 Å². The number of aromatic nitrogens is 3. The predicted octanol–water partition coefficient (Wildman–Crippen LogP) is 2.18. The summed E-state index contributed by atoms with van der Waals surface area (Å²) in [6.45, 7) is 1.71. The molecule has 2 rings (SSSR count). The maximum atomic E-state index is 12.5. The number of nitrogen functional groups attached to an aromatic ring is 1. The molecule has 0 atom stereocenters. The fourth-order valence-electron chi connectivity index (χ4n) is 1.30. The molecule has 0 bridgehead atoms. The first-order valence-corrected chi connectivity index (χ1v) is 4.74. The molecule has 17 heavy (non-hydrogen) atoms. The van der Waals surface area contributed by atoms with Crippen LogP contribution in [0.4, 0.5) is 19.0 Å². The molecule has 2 aromatic rings. The molecule has 2 N–H and O–H groups in total. The van der Waals surface area contributed by atoms with Gasteiger partial charge in [0.15, 0.2) is 5.82 Å². The van der Waals surface area contributed by atoms with Crippen LogP contribution in [0.15, 0.2) is 24.4 Å². The second-order valence-corrected chi connectivity index (χ2v) is 3.52. The number of nitrogens with zero attached hydrogens (tertiary/aromatic N) is 3. The maximum Gasteiger partial charge on any atom is 0.433 e. The Kier molecular flexibility index (Phi) is 2.53. The van der Waals surface area contributed by atoms with E-state index in [1.54, 1.807) is 6.92 Å². The van der Waals surface area contributed by atoms with E-state index >= 15 is 0 Å². The molecule has 0 aliphatic heterocycles. The van der Waals surface area contributed by atoms with Crippen molar-refractivity contribution < 1.29 is 13.2 Å². The molecule has 0 aliphatic carbocycles. The van der Waals surface area contributed by atoms with E-state index in [0.717, 1.165) is 6.07 Å². The molecule has 0 saturated carbocycles. The van der Waals surface area contributed by atoms with Gasteiger partial charge in [0, 0.05) is 11.8 Å². The molecule has 2 heterocycles. The van der Waals surface area contributed by atoms with E-state index in [1.165, 1.54) is 23.0 Å². The van der Waals surface area contributed by atoms with Crippen LogP contribution < -0.4 is 5.73 Å². The Morgan fingerprint density at radius 1 is 1.29 bits per heavy atom. The fraction of sp³-hybridized carbons (Fsp3) is 0.200. The minimum Gasteiger partial charge on any atom is -0.382 e. The molecular weight excluding hydrogens is 233 g/mol. The van der Waals surface area contributed by atoms with Crippen LogP contribution in [0.3, 0.4) is 0 Å². The van der Waals surface area contributed by atoms with Crippen LogP contribution in [-0.4, -0.2) is 14.8 Å². The Balaban J connectivity index is 2.47. The lowest BCUT2D eigenvalue weighted by Crippen LogP contribution is -2.10. The molecule has 4 nitrogen and oxygen atoms in total. The van der Waals surface area contributed by atoms with Crippen molar-refractivity contribution in [3.8, 4) is 5.82 Å². The van der Waals surface area contributed by atoms with Crippen molar-refractivity contribution >= 4 is 5.82 Å². The molecular formula is C10H9F3N4. The van der Waals surface area contributed by atoms with Crippen molar-refractivity contribution in [2.24, 2.45) is 0 Å². The zero-order chi connectivity index (χ0) is 12.6. The highest BCUT2D eigenvalue weighted by Gasteiger charge is 2.32. The lowest BCUT2D eigenvalue weighted by Gasteiger charge is -2.07. The average molecular weight is 242 g/mol. The molecule has 0 amide bonds. The number of alkyl halides is 3. The summed E-state index contributed by atoms with van der Waals surface area (Å²) < 4.78 is 38.6. The molecule has 0 fully saturated rings. The molecule has 7 heteroatoms. The van der Waals surface area contributed by atoms with E-state index in [9.17, 15) is 13.2 Å². The van der Waals surface area contributed by atoms with Gasteiger partial charge in [0.1, 0.15) is 11.5 Å². The van der Waals surface area contributed by atoms with E-state index in [4.69, 9.17) is 5.73 Å². The summed E-state index contributed by atoms with van der Waals surface area (Å²) >= 11 is 0. The zero-order valence-electron chi connectivity index (χ0n) is 8.86. The SMILES string of the molecule is Cc1cn(-c2cccc(C(F)(F)F)n2)nc1N. The van der Waals surface area contributed by atoms with Crippen molar-refractivity contribution in [2.45, 2.75) is 13.1 Å². The normalized spacial score (nSPS) is 11.8. The van der Waals surface area contributed by atoms with Gasteiger partial charge >= 0.3 is 6.18 Å². The number of anilines is 1. The second-order valence-electron chi connectivity index (χ2n) is 3.52. The summed E-state index contributed by atoms with van der Waals surface area (Å²) in [5.74, 6) is 0.351. The smallest absolute Gasteiger partial charge is 0.382 e. The van der Waals surface area contributed by atoms with Gasteiger partial charge in [-0.05, 0) is 19.1 Å². The van der Waals surface area contributed by atoms with Crippen molar-refractivity contribution in [1.29, 1.82) is 0 Å². The summed E-state index contributed by atoms with van der Waals surface area (Å²) in [6.07, 6.45) is -2.94. The first-order valence-electron chi connectivity index (χ1n) is 4.74. The summed E-state index contributed by atoms with van der Waals surface area (Å²) in [5.41, 5.74) is 5.25. The molecule has 90 valence electrons. The summed E-state index contributed by atoms with van der Waals surface area (Å²) in [7, 11) is 0. The minimum atomic E-state index is -4.47. The van der Waals surface area contributed by atoms with Crippen LogP contribution in [0.25, 0.3) is 5.82 Å². The first kappa shape index (κ1) is 11.4. The molecule has 0 saturated heterocycles. The number of aryl methyl sites for hydroxylation is 1. The highest BCUT2D eigenvalue weighted by atomic mass is 19.4. The van der Waals surface area contributed by atoms with E-state index in [0.29, 0.717) is 5.56 Å². The average Bonchev–Trinajstić information content (AvgIpc) is 2.58. The van der Waals surface area contributed by atoms with E-state index in [2.05, 4.69) is 10.1 Å². The monoisotopic (exact) mass is 242 g/mol. The lowest BCUT2D eigenvalue weighted by atomic mass is 10.3. The standard InChI is InChI=1S/C10H9F3N4/c1-6-5-17(16-9(6)14)8-4-2-3-7(15-8)10(11,12)13/h2-5H,1H3,(H2,14,16). The van der Waals surface area contributed by atoms with Crippen molar-refractivity contribution in [2.75, 3.05) is 5.73 Å². The minimum absolute atomic E-state index is 0.0830. The van der Waals surface area contributed by atoms with Gasteiger partial charge in [0.2, 0.25) is 0 Å². The van der Waals surface area contributed by atoms with Crippen LogP contribution in [0.1, 0.15) is 11.3 Å². The van der Waals surface area contributed by atoms with Gasteiger partial charge in [-0.2, -0.15) is 13.2 Å². The van der Waals surface area contributed by atoms with Crippen LogP contribution in [0, 0.1) is 6.92 Å². The molecule has 0 unspecified atom stereocenters. The van der Waals surface area contributed by atoms with Gasteiger partial charge in [0.25, 0.3) is 0 Å². The van der Waals surface area contributed by atoms with Crippen LogP contribution in [0.2, 0.25) is 0 Å². The zero-order valence-corrected chi connectivity index (χ0v) is 8.86. The summed E-state index contributed by atoms with van der Waals surface area (Å²) in [4.78, 5) is 3.49. The summed E-state index contributed by atoms with van der Waals surface area (Å²) in [5, 5.41) is 3.87. The Labute approximate surface area is 94.9 Å². The Bertz CT molecular complexity index is 525. The number of halogens is 3. The van der Waals surface area contributed by atoms with Crippen LogP contribution >= 0.6 is 0 Å². The number of nitrogens with two attached hydrogens (primary N) is 1. The third kappa shape index (κ3) is 2.22. The molecule has 0 spiro atoms. The van der Waals surface area contributed by atoms with Gasteiger partial charge in [-0.25, -0.2) is 9.67 Å². The second kappa shape index (κ2) is 3.76. The van der Waals surface area contributed by atoms with Crippen molar-refractivity contribution in [1.82, 2.24) is 14.8 Å². The number of pyridine rings is 1. The van der Waals surface area contributed by atoms with Crippen molar-refractivity contribution in [3.05, 3.63) is 35.7 Å². The van der Waals surface area contributed by atoms with Crippen LogP contribution in [0.5, 0.6) is 0 Å². The number of rotatable bonds is 1. The number of hydrogen-bond donors (Lipinski definition) is 1. The molecule has 0 aliphatic rings. The van der Waals surface area contributed by atoms with Gasteiger partial charge in [-0.15, -0.1) is 5.10 Å². The number of hydrogen-bond acceptors (Lipinski definition) is 3. The van der Waals surface area contributed by atoms with Gasteiger partial charge < -0.3 is 5.73 Å². The molecule has 0 aromatic carbocycles. The van der Waals surface area contributed by atoms with Gasteiger partial charge in [0.05, 0.1) is 0 Å². The van der Waals surface area contributed by atoms with Crippen LogP contribution in [-0.2, 0) is 6.18 Å².